The van der Waals surface area contributed by atoms with Crippen molar-refractivity contribution in [2.24, 2.45) is 5.92 Å². The number of benzene rings is 1. The second-order valence-electron chi connectivity index (χ2n) is 4.86. The molecule has 0 aliphatic carbocycles. The Morgan fingerprint density at radius 2 is 1.83 bits per heavy atom. The van der Waals surface area contributed by atoms with Gasteiger partial charge in [-0.05, 0) is 30.2 Å². The van der Waals surface area contributed by atoms with Gasteiger partial charge >= 0.3 is 0 Å². The summed E-state index contributed by atoms with van der Waals surface area (Å²) in [5.41, 5.74) is 1.29. The molecule has 0 aliphatic heterocycles. The summed E-state index contributed by atoms with van der Waals surface area (Å²) in [6, 6.07) is 8.27. The van der Waals surface area contributed by atoms with E-state index >= 15 is 0 Å². The van der Waals surface area contributed by atoms with Crippen LogP contribution in [0.15, 0.2) is 24.3 Å². The van der Waals surface area contributed by atoms with E-state index in [9.17, 15) is 0 Å². The monoisotopic (exact) mass is 251 g/mol. The highest BCUT2D eigenvalue weighted by atomic mass is 16.5. The van der Waals surface area contributed by atoms with Crippen molar-refractivity contribution in [2.75, 3.05) is 26.9 Å². The Hall–Kier alpha value is -1.06. The minimum absolute atomic E-state index is 0.688. The molecule has 1 rings (SSSR count). The summed E-state index contributed by atoms with van der Waals surface area (Å²) in [4.78, 5) is 0. The molecule has 1 aromatic carbocycles. The summed E-state index contributed by atoms with van der Waals surface area (Å²) in [6.45, 7) is 7.85. The van der Waals surface area contributed by atoms with Gasteiger partial charge in [0.1, 0.15) is 5.75 Å². The van der Waals surface area contributed by atoms with E-state index in [2.05, 4.69) is 31.3 Å². The summed E-state index contributed by atoms with van der Waals surface area (Å²) in [5.74, 6) is 1.62. The first-order valence-electron chi connectivity index (χ1n) is 6.63. The molecule has 0 aliphatic rings. The summed E-state index contributed by atoms with van der Waals surface area (Å²) in [5, 5.41) is 3.42. The molecule has 0 spiro atoms. The van der Waals surface area contributed by atoms with Crippen molar-refractivity contribution < 1.29 is 9.47 Å². The lowest BCUT2D eigenvalue weighted by Crippen LogP contribution is -2.18. The van der Waals surface area contributed by atoms with Gasteiger partial charge in [-0.25, -0.2) is 0 Å². The Balaban J connectivity index is 2.24. The first kappa shape index (κ1) is 15.0. The SMILES string of the molecule is COCCCOc1ccc(CNCC(C)C)cc1. The molecule has 0 saturated heterocycles. The van der Waals surface area contributed by atoms with Gasteiger partial charge in [0.15, 0.2) is 0 Å². The first-order valence-corrected chi connectivity index (χ1v) is 6.63. The summed E-state index contributed by atoms with van der Waals surface area (Å²) in [6.07, 6.45) is 0.925. The molecule has 1 N–H and O–H groups in total. The van der Waals surface area contributed by atoms with Gasteiger partial charge in [-0.3, -0.25) is 0 Å². The Bertz CT molecular complexity index is 309. The quantitative estimate of drug-likeness (QED) is 0.685. The lowest BCUT2D eigenvalue weighted by molar-refractivity contribution is 0.172. The van der Waals surface area contributed by atoms with Crippen molar-refractivity contribution >= 4 is 0 Å². The van der Waals surface area contributed by atoms with Gasteiger partial charge in [0.25, 0.3) is 0 Å². The van der Waals surface area contributed by atoms with Crippen LogP contribution in [0.25, 0.3) is 0 Å². The highest BCUT2D eigenvalue weighted by Crippen LogP contribution is 2.12. The van der Waals surface area contributed by atoms with Gasteiger partial charge in [-0.2, -0.15) is 0 Å². The lowest BCUT2D eigenvalue weighted by Gasteiger charge is -2.09. The van der Waals surface area contributed by atoms with E-state index in [4.69, 9.17) is 9.47 Å². The zero-order valence-corrected chi connectivity index (χ0v) is 11.7. The van der Waals surface area contributed by atoms with Crippen LogP contribution >= 0.6 is 0 Å². The largest absolute Gasteiger partial charge is 0.494 e. The molecule has 0 fully saturated rings. The van der Waals surface area contributed by atoms with Crippen LogP contribution in [0, 0.1) is 5.92 Å². The molecule has 0 bridgehead atoms. The van der Waals surface area contributed by atoms with Gasteiger partial charge in [0.2, 0.25) is 0 Å². The predicted octanol–water partition coefficient (Wildman–Crippen LogP) is 2.85. The number of hydrogen-bond acceptors (Lipinski definition) is 3. The maximum absolute atomic E-state index is 5.61. The number of methoxy groups -OCH3 is 1. The topological polar surface area (TPSA) is 30.5 Å². The van der Waals surface area contributed by atoms with E-state index in [0.717, 1.165) is 31.9 Å². The molecule has 0 saturated carbocycles. The molecule has 1 aromatic rings. The van der Waals surface area contributed by atoms with Gasteiger partial charge < -0.3 is 14.8 Å². The molecule has 0 amide bonds. The number of rotatable bonds is 9. The first-order chi connectivity index (χ1) is 8.72. The van der Waals surface area contributed by atoms with Crippen LogP contribution in [0.1, 0.15) is 25.8 Å². The minimum Gasteiger partial charge on any atom is -0.494 e. The van der Waals surface area contributed by atoms with Crippen LogP contribution in [-0.4, -0.2) is 26.9 Å². The van der Waals surface area contributed by atoms with E-state index in [0.29, 0.717) is 12.5 Å². The van der Waals surface area contributed by atoms with Crippen molar-refractivity contribution in [1.82, 2.24) is 5.32 Å². The molecule has 102 valence electrons. The highest BCUT2D eigenvalue weighted by molar-refractivity contribution is 5.27. The molecule has 0 atom stereocenters. The van der Waals surface area contributed by atoms with Crippen LogP contribution < -0.4 is 10.1 Å². The van der Waals surface area contributed by atoms with Gasteiger partial charge in [0, 0.05) is 26.7 Å². The molecule has 0 aromatic heterocycles. The van der Waals surface area contributed by atoms with Gasteiger partial charge in [-0.15, -0.1) is 0 Å². The standard InChI is InChI=1S/C15H25NO2/c1-13(2)11-16-12-14-5-7-15(8-6-14)18-10-4-9-17-3/h5-8,13,16H,4,9-12H2,1-3H3. The fraction of sp³-hybridized carbons (Fsp3) is 0.600. The minimum atomic E-state index is 0.688. The van der Waals surface area contributed by atoms with E-state index < -0.39 is 0 Å². The van der Waals surface area contributed by atoms with Crippen LogP contribution in [0.4, 0.5) is 0 Å². The van der Waals surface area contributed by atoms with Crippen molar-refractivity contribution in [3.8, 4) is 5.75 Å². The highest BCUT2D eigenvalue weighted by Gasteiger charge is 1.97. The molecule has 0 heterocycles. The third kappa shape index (κ3) is 6.62. The average molecular weight is 251 g/mol. The van der Waals surface area contributed by atoms with Crippen molar-refractivity contribution in [1.29, 1.82) is 0 Å². The predicted molar refractivity (Wildman–Crippen MR) is 75.0 cm³/mol. The molecular formula is C15H25NO2. The van der Waals surface area contributed by atoms with E-state index in [1.165, 1.54) is 5.56 Å². The molecule has 18 heavy (non-hydrogen) atoms. The summed E-state index contributed by atoms with van der Waals surface area (Å²) < 4.78 is 10.6. The van der Waals surface area contributed by atoms with Crippen molar-refractivity contribution in [2.45, 2.75) is 26.8 Å². The number of hydrogen-bond donors (Lipinski definition) is 1. The van der Waals surface area contributed by atoms with Gasteiger partial charge in [0.05, 0.1) is 6.61 Å². The third-order valence-electron chi connectivity index (χ3n) is 2.57. The molecule has 0 unspecified atom stereocenters. The normalized spacial score (nSPS) is 10.9. The zero-order chi connectivity index (χ0) is 13.2. The maximum atomic E-state index is 5.61. The Morgan fingerprint density at radius 3 is 2.44 bits per heavy atom. The van der Waals surface area contributed by atoms with Gasteiger partial charge in [-0.1, -0.05) is 26.0 Å². The Labute approximate surface area is 110 Å². The maximum Gasteiger partial charge on any atom is 0.119 e. The van der Waals surface area contributed by atoms with Crippen LogP contribution in [0.5, 0.6) is 5.75 Å². The fourth-order valence-electron chi connectivity index (χ4n) is 1.60. The summed E-state index contributed by atoms with van der Waals surface area (Å²) in [7, 11) is 1.71. The van der Waals surface area contributed by atoms with Crippen LogP contribution in [0.3, 0.4) is 0 Å². The Morgan fingerprint density at radius 1 is 1.11 bits per heavy atom. The molecule has 3 heteroatoms. The molecule has 3 nitrogen and oxygen atoms in total. The average Bonchev–Trinajstić information content (AvgIpc) is 2.36. The fourth-order valence-corrected chi connectivity index (χ4v) is 1.60. The lowest BCUT2D eigenvalue weighted by atomic mass is 10.2. The second kappa shape index (κ2) is 8.95. The molecular weight excluding hydrogens is 226 g/mol. The van der Waals surface area contributed by atoms with E-state index in [1.807, 2.05) is 12.1 Å². The van der Waals surface area contributed by atoms with E-state index in [1.54, 1.807) is 7.11 Å². The van der Waals surface area contributed by atoms with Crippen molar-refractivity contribution in [3.63, 3.8) is 0 Å². The zero-order valence-electron chi connectivity index (χ0n) is 11.7. The molecule has 0 radical (unpaired) electrons. The summed E-state index contributed by atoms with van der Waals surface area (Å²) >= 11 is 0. The second-order valence-corrected chi connectivity index (χ2v) is 4.86. The number of ether oxygens (including phenoxy) is 2. The Kier molecular flexibility index (Phi) is 7.46. The van der Waals surface area contributed by atoms with Crippen LogP contribution in [0.2, 0.25) is 0 Å². The number of nitrogens with one attached hydrogen (secondary N) is 1. The smallest absolute Gasteiger partial charge is 0.119 e. The van der Waals surface area contributed by atoms with E-state index in [-0.39, 0.29) is 0 Å². The third-order valence-corrected chi connectivity index (χ3v) is 2.57. The van der Waals surface area contributed by atoms with Crippen LogP contribution in [-0.2, 0) is 11.3 Å². The van der Waals surface area contributed by atoms with Crippen molar-refractivity contribution in [3.05, 3.63) is 29.8 Å².